The summed E-state index contributed by atoms with van der Waals surface area (Å²) < 4.78 is 1.94. The van der Waals surface area contributed by atoms with Crippen molar-refractivity contribution in [3.05, 3.63) is 71.3 Å². The van der Waals surface area contributed by atoms with E-state index in [2.05, 4.69) is 23.9 Å². The van der Waals surface area contributed by atoms with Gasteiger partial charge >= 0.3 is 5.97 Å². The highest BCUT2D eigenvalue weighted by Crippen LogP contribution is 2.25. The molecule has 0 aliphatic heterocycles. The van der Waals surface area contributed by atoms with Gasteiger partial charge in [-0.25, -0.2) is 14.5 Å². The van der Waals surface area contributed by atoms with Gasteiger partial charge in [-0.15, -0.1) is 0 Å². The molecule has 0 saturated carbocycles. The first-order chi connectivity index (χ1) is 13.0. The summed E-state index contributed by atoms with van der Waals surface area (Å²) in [5.41, 5.74) is 2.97. The Morgan fingerprint density at radius 3 is 2.56 bits per heavy atom. The van der Waals surface area contributed by atoms with Gasteiger partial charge in [-0.3, -0.25) is 0 Å². The molecule has 27 heavy (non-hydrogen) atoms. The third-order valence-corrected chi connectivity index (χ3v) is 4.83. The van der Waals surface area contributed by atoms with Crippen LogP contribution >= 0.6 is 12.2 Å². The molecule has 0 aliphatic carbocycles. The van der Waals surface area contributed by atoms with Gasteiger partial charge in [-0.1, -0.05) is 61.6 Å². The van der Waals surface area contributed by atoms with Crippen LogP contribution < -0.4 is 0 Å². The SMILES string of the molecule is CCC(C)n1nc(C=S)nc1Cc1ccc(-c2ccccc2C(=O)O)cc1. The van der Waals surface area contributed by atoms with Crippen LogP contribution in [0.4, 0.5) is 0 Å². The third-order valence-electron chi connectivity index (χ3n) is 4.62. The second-order valence-corrected chi connectivity index (χ2v) is 6.67. The molecule has 0 aliphatic rings. The number of carboxylic acids is 1. The molecule has 2 aromatic carbocycles. The number of rotatable bonds is 7. The average Bonchev–Trinajstić information content (AvgIpc) is 3.11. The zero-order valence-corrected chi connectivity index (χ0v) is 16.1. The largest absolute Gasteiger partial charge is 0.478 e. The summed E-state index contributed by atoms with van der Waals surface area (Å²) in [7, 11) is 0. The fraction of sp³-hybridized carbons (Fsp3) is 0.238. The van der Waals surface area contributed by atoms with E-state index in [1.54, 1.807) is 12.1 Å². The summed E-state index contributed by atoms with van der Waals surface area (Å²) >= 11 is 4.97. The molecule has 1 unspecified atom stereocenters. The van der Waals surface area contributed by atoms with Crippen molar-refractivity contribution >= 4 is 23.6 Å². The number of benzene rings is 2. The molecule has 0 spiro atoms. The van der Waals surface area contributed by atoms with Gasteiger partial charge < -0.3 is 5.11 Å². The number of aromatic nitrogens is 3. The molecular weight excluding hydrogens is 358 g/mol. The van der Waals surface area contributed by atoms with Gasteiger partial charge in [-0.2, -0.15) is 5.10 Å². The first-order valence-electron chi connectivity index (χ1n) is 8.85. The molecule has 1 atom stereocenters. The number of carbonyl (C=O) groups is 1. The Morgan fingerprint density at radius 2 is 1.93 bits per heavy atom. The summed E-state index contributed by atoms with van der Waals surface area (Å²) in [6.45, 7) is 4.22. The molecule has 0 amide bonds. The zero-order valence-electron chi connectivity index (χ0n) is 15.3. The smallest absolute Gasteiger partial charge is 0.336 e. The highest BCUT2D eigenvalue weighted by atomic mass is 32.1. The molecule has 1 N–H and O–H groups in total. The van der Waals surface area contributed by atoms with Crippen LogP contribution in [0, 0.1) is 0 Å². The Morgan fingerprint density at radius 1 is 1.22 bits per heavy atom. The van der Waals surface area contributed by atoms with Gasteiger partial charge in [0.1, 0.15) is 5.82 Å². The van der Waals surface area contributed by atoms with Crippen molar-refractivity contribution in [3.8, 4) is 11.1 Å². The van der Waals surface area contributed by atoms with E-state index in [9.17, 15) is 9.90 Å². The van der Waals surface area contributed by atoms with Gasteiger partial charge in [0.15, 0.2) is 5.82 Å². The summed E-state index contributed by atoms with van der Waals surface area (Å²) in [4.78, 5) is 16.0. The summed E-state index contributed by atoms with van der Waals surface area (Å²) in [5, 5.41) is 15.3. The minimum Gasteiger partial charge on any atom is -0.478 e. The molecule has 0 bridgehead atoms. The monoisotopic (exact) mass is 379 g/mol. The lowest BCUT2D eigenvalue weighted by molar-refractivity contribution is 0.0697. The maximum atomic E-state index is 11.4. The molecule has 0 saturated heterocycles. The number of nitrogens with zero attached hydrogens (tertiary/aromatic N) is 3. The van der Waals surface area contributed by atoms with Gasteiger partial charge in [-0.05, 0) is 36.1 Å². The van der Waals surface area contributed by atoms with Crippen LogP contribution in [-0.4, -0.2) is 31.2 Å². The van der Waals surface area contributed by atoms with Crippen molar-refractivity contribution in [3.63, 3.8) is 0 Å². The molecule has 5 nitrogen and oxygen atoms in total. The van der Waals surface area contributed by atoms with Crippen molar-refractivity contribution in [2.45, 2.75) is 32.7 Å². The highest BCUT2D eigenvalue weighted by molar-refractivity contribution is 7.79. The minimum atomic E-state index is -0.927. The molecule has 6 heteroatoms. The lowest BCUT2D eigenvalue weighted by Gasteiger charge is -2.12. The predicted octanol–water partition coefficient (Wildman–Crippen LogP) is 4.55. The number of hydrogen-bond donors (Lipinski definition) is 1. The Labute approximate surface area is 163 Å². The highest BCUT2D eigenvalue weighted by Gasteiger charge is 2.14. The van der Waals surface area contributed by atoms with Crippen molar-refractivity contribution in [1.82, 2.24) is 14.8 Å². The van der Waals surface area contributed by atoms with Crippen LogP contribution in [0.3, 0.4) is 0 Å². The van der Waals surface area contributed by atoms with Crippen LogP contribution in [0.15, 0.2) is 48.5 Å². The zero-order chi connectivity index (χ0) is 19.4. The van der Waals surface area contributed by atoms with E-state index >= 15 is 0 Å². The predicted molar refractivity (Wildman–Crippen MR) is 109 cm³/mol. The van der Waals surface area contributed by atoms with Crippen molar-refractivity contribution in [2.75, 3.05) is 0 Å². The van der Waals surface area contributed by atoms with Crippen LogP contribution in [0.2, 0.25) is 0 Å². The standard InChI is InChI=1S/C21H21N3O2S/c1-3-14(2)24-20(22-19(13-27)23-24)12-15-8-10-16(11-9-15)17-6-4-5-7-18(17)21(25)26/h4-11,13-14H,3,12H2,1-2H3,(H,25,26). The second-order valence-electron chi connectivity index (χ2n) is 6.43. The maximum Gasteiger partial charge on any atom is 0.336 e. The number of hydrogen-bond acceptors (Lipinski definition) is 4. The fourth-order valence-electron chi connectivity index (χ4n) is 2.98. The van der Waals surface area contributed by atoms with Gasteiger partial charge in [0.25, 0.3) is 0 Å². The van der Waals surface area contributed by atoms with Gasteiger partial charge in [0, 0.05) is 11.8 Å². The van der Waals surface area contributed by atoms with E-state index in [0.717, 1.165) is 23.4 Å². The molecule has 138 valence electrons. The summed E-state index contributed by atoms with van der Waals surface area (Å²) in [6, 6.07) is 15.2. The van der Waals surface area contributed by atoms with Crippen LogP contribution in [0.5, 0.6) is 0 Å². The first-order valence-corrected chi connectivity index (χ1v) is 9.32. The number of thiocarbonyl (C=S) groups is 1. The molecule has 0 radical (unpaired) electrons. The van der Waals surface area contributed by atoms with Gasteiger partial charge in [0.05, 0.1) is 11.6 Å². The lowest BCUT2D eigenvalue weighted by atomic mass is 9.98. The summed E-state index contributed by atoms with van der Waals surface area (Å²) in [6.07, 6.45) is 1.60. The van der Waals surface area contributed by atoms with E-state index in [0.29, 0.717) is 23.4 Å². The lowest BCUT2D eigenvalue weighted by Crippen LogP contribution is -2.11. The van der Waals surface area contributed by atoms with E-state index in [4.69, 9.17) is 12.2 Å². The molecule has 0 fully saturated rings. The average molecular weight is 379 g/mol. The van der Waals surface area contributed by atoms with Crippen LogP contribution in [0.1, 0.15) is 53.9 Å². The Bertz CT molecular complexity index is 964. The molecule has 3 rings (SSSR count). The van der Waals surface area contributed by atoms with E-state index in [1.807, 2.05) is 41.1 Å². The minimum absolute atomic E-state index is 0.248. The third kappa shape index (κ3) is 4.11. The topological polar surface area (TPSA) is 68.0 Å². The quantitative estimate of drug-likeness (QED) is 0.610. The molecule has 1 heterocycles. The number of carboxylic acid groups (broad SMARTS) is 1. The Kier molecular flexibility index (Phi) is 5.76. The Hall–Kier alpha value is -2.86. The van der Waals surface area contributed by atoms with Crippen molar-refractivity contribution in [1.29, 1.82) is 0 Å². The van der Waals surface area contributed by atoms with Crippen molar-refractivity contribution < 1.29 is 9.90 Å². The van der Waals surface area contributed by atoms with Gasteiger partial charge in [0.2, 0.25) is 0 Å². The maximum absolute atomic E-state index is 11.4. The second kappa shape index (κ2) is 8.22. The number of aromatic carboxylic acids is 1. The van der Waals surface area contributed by atoms with E-state index in [-0.39, 0.29) is 6.04 Å². The van der Waals surface area contributed by atoms with E-state index in [1.165, 1.54) is 5.37 Å². The fourth-order valence-corrected chi connectivity index (χ4v) is 3.08. The Balaban J connectivity index is 1.88. The summed E-state index contributed by atoms with van der Waals surface area (Å²) in [5.74, 6) is 0.510. The van der Waals surface area contributed by atoms with Crippen molar-refractivity contribution in [2.24, 2.45) is 0 Å². The normalized spacial score (nSPS) is 11.9. The van der Waals surface area contributed by atoms with Crippen LogP contribution in [-0.2, 0) is 6.42 Å². The first kappa shape index (κ1) is 18.9. The molecular formula is C21H21N3O2S. The molecule has 3 aromatic rings. The van der Waals surface area contributed by atoms with E-state index < -0.39 is 5.97 Å². The van der Waals surface area contributed by atoms with Crippen LogP contribution in [0.25, 0.3) is 11.1 Å². The molecule has 1 aromatic heterocycles.